The van der Waals surface area contributed by atoms with E-state index in [1.807, 2.05) is 53.2 Å². The number of benzene rings is 2. The molecule has 0 radical (unpaired) electrons. The molecule has 1 aliphatic rings. The van der Waals surface area contributed by atoms with Crippen molar-refractivity contribution >= 4 is 11.8 Å². The normalized spacial score (nSPS) is 14.0. The summed E-state index contributed by atoms with van der Waals surface area (Å²) in [5.74, 6) is 1.09. The molecule has 1 aliphatic carbocycles. The Balaban J connectivity index is 1.39. The highest BCUT2D eigenvalue weighted by Crippen LogP contribution is 2.41. The van der Waals surface area contributed by atoms with Crippen molar-refractivity contribution in [3.63, 3.8) is 0 Å². The van der Waals surface area contributed by atoms with E-state index in [2.05, 4.69) is 31.3 Å². The van der Waals surface area contributed by atoms with E-state index in [9.17, 15) is 9.59 Å². The molecule has 5 rings (SSSR count). The zero-order valence-corrected chi connectivity index (χ0v) is 23.9. The lowest BCUT2D eigenvalue weighted by Gasteiger charge is -2.18. The quantitative estimate of drug-likeness (QED) is 0.220. The number of hydrogen-bond acceptors (Lipinski definition) is 8. The van der Waals surface area contributed by atoms with E-state index < -0.39 is 6.04 Å². The molecule has 0 spiro atoms. The highest BCUT2D eigenvalue weighted by Gasteiger charge is 2.28. The Labute approximate surface area is 244 Å². The minimum Gasteiger partial charge on any atom is -0.496 e. The fraction of sp³-hybridized carbons (Fsp3) is 0.400. The van der Waals surface area contributed by atoms with Crippen molar-refractivity contribution in [1.29, 1.82) is 0 Å². The van der Waals surface area contributed by atoms with E-state index in [1.165, 1.54) is 0 Å². The first-order chi connectivity index (χ1) is 20.6. The topological polar surface area (TPSA) is 149 Å². The predicted molar refractivity (Wildman–Crippen MR) is 155 cm³/mol. The Morgan fingerprint density at radius 3 is 2.45 bits per heavy atom. The minimum absolute atomic E-state index is 0.0902. The third-order valence-corrected chi connectivity index (χ3v) is 7.55. The Bertz CT molecular complexity index is 1440. The number of amides is 2. The van der Waals surface area contributed by atoms with Gasteiger partial charge in [0.05, 0.1) is 38.1 Å². The van der Waals surface area contributed by atoms with Crippen molar-refractivity contribution in [3.05, 3.63) is 71.7 Å². The minimum atomic E-state index is -0.427. The maximum absolute atomic E-state index is 13.7. The smallest absolute Gasteiger partial charge is 0.272 e. The van der Waals surface area contributed by atoms with Crippen LogP contribution in [0.2, 0.25) is 0 Å². The van der Waals surface area contributed by atoms with Gasteiger partial charge < -0.3 is 20.1 Å². The van der Waals surface area contributed by atoms with Crippen LogP contribution < -0.4 is 20.1 Å². The van der Waals surface area contributed by atoms with Crippen LogP contribution in [-0.4, -0.2) is 62.5 Å². The van der Waals surface area contributed by atoms with Crippen molar-refractivity contribution in [3.8, 4) is 22.8 Å². The molecule has 0 saturated heterocycles. The van der Waals surface area contributed by atoms with Crippen LogP contribution in [0, 0.1) is 0 Å². The van der Waals surface area contributed by atoms with Crippen LogP contribution in [-0.2, 0) is 17.8 Å². The van der Waals surface area contributed by atoms with Crippen molar-refractivity contribution in [1.82, 2.24) is 41.0 Å². The third kappa shape index (κ3) is 6.93. The van der Waals surface area contributed by atoms with E-state index in [0.717, 1.165) is 42.5 Å². The second-order valence-electron chi connectivity index (χ2n) is 10.3. The molecule has 2 aromatic heterocycles. The average molecular weight is 573 g/mol. The number of ether oxygens (including phenoxy) is 2. The van der Waals surface area contributed by atoms with Crippen molar-refractivity contribution in [2.45, 2.75) is 63.6 Å². The van der Waals surface area contributed by atoms with Gasteiger partial charge in [0.15, 0.2) is 11.5 Å². The van der Waals surface area contributed by atoms with Gasteiger partial charge in [-0.15, -0.1) is 10.2 Å². The molecular weight excluding hydrogens is 536 g/mol. The van der Waals surface area contributed by atoms with Crippen molar-refractivity contribution < 1.29 is 19.1 Å². The average Bonchev–Trinajstić information content (AvgIpc) is 3.81. The van der Waals surface area contributed by atoms with Crippen molar-refractivity contribution in [2.24, 2.45) is 0 Å². The van der Waals surface area contributed by atoms with Gasteiger partial charge in [0.1, 0.15) is 11.5 Å². The zero-order chi connectivity index (χ0) is 29.3. The molecular formula is C30H36N8O4. The van der Waals surface area contributed by atoms with Gasteiger partial charge in [-0.3, -0.25) is 14.3 Å². The molecule has 42 heavy (non-hydrogen) atoms. The van der Waals surface area contributed by atoms with Gasteiger partial charge in [0.25, 0.3) is 5.91 Å². The summed E-state index contributed by atoms with van der Waals surface area (Å²) in [6.07, 6.45) is 5.53. The monoisotopic (exact) mass is 572 g/mol. The first kappa shape index (κ1) is 28.8. The number of carbonyl (C=O) groups is 2. The van der Waals surface area contributed by atoms with Gasteiger partial charge in [-0.25, -0.2) is 0 Å². The summed E-state index contributed by atoms with van der Waals surface area (Å²) in [4.78, 5) is 26.5. The molecule has 2 aromatic carbocycles. The summed E-state index contributed by atoms with van der Waals surface area (Å²) < 4.78 is 13.3. The van der Waals surface area contributed by atoms with Crippen molar-refractivity contribution in [2.75, 3.05) is 14.2 Å². The highest BCUT2D eigenvalue weighted by atomic mass is 16.5. The molecule has 3 N–H and O–H groups in total. The Morgan fingerprint density at radius 2 is 1.79 bits per heavy atom. The fourth-order valence-corrected chi connectivity index (χ4v) is 5.42. The molecule has 12 nitrogen and oxygen atoms in total. The number of methoxy groups -OCH3 is 2. The van der Waals surface area contributed by atoms with E-state index in [-0.39, 0.29) is 36.5 Å². The Morgan fingerprint density at radius 1 is 1.05 bits per heavy atom. The number of rotatable bonds is 13. The largest absolute Gasteiger partial charge is 0.496 e. The summed E-state index contributed by atoms with van der Waals surface area (Å²) in [6, 6.07) is 17.1. The molecule has 0 bridgehead atoms. The Hall–Kier alpha value is -4.74. The first-order valence-electron chi connectivity index (χ1n) is 14.2. The van der Waals surface area contributed by atoms with E-state index in [4.69, 9.17) is 14.6 Å². The number of H-pyrrole nitrogens is 1. The summed E-state index contributed by atoms with van der Waals surface area (Å²) in [7, 11) is 3.23. The number of carbonyl (C=O) groups excluding carboxylic acids is 2. The zero-order valence-electron chi connectivity index (χ0n) is 23.9. The summed E-state index contributed by atoms with van der Waals surface area (Å²) in [6.45, 7) is 0.143. The fourth-order valence-electron chi connectivity index (χ4n) is 5.42. The number of tetrazole rings is 1. The molecule has 12 heteroatoms. The number of aromatic nitrogens is 6. The molecule has 0 unspecified atom stereocenters. The van der Waals surface area contributed by atoms with Gasteiger partial charge in [-0.1, -0.05) is 54.5 Å². The molecule has 1 atom stereocenters. The number of aryl methyl sites for hydroxylation is 1. The first-order valence-corrected chi connectivity index (χ1v) is 14.2. The maximum atomic E-state index is 13.7. The van der Waals surface area contributed by atoms with E-state index in [0.29, 0.717) is 30.2 Å². The summed E-state index contributed by atoms with van der Waals surface area (Å²) in [5, 5.41) is 24.3. The SMILES string of the molecule is COc1cccc(OC)c1-c1cc(C(=O)N[C@@H](CCc2ccccc2)CC(=O)NCc2nn[nH]n2)nn1C1CCCC1. The van der Waals surface area contributed by atoms with Gasteiger partial charge in [-0.2, -0.15) is 10.3 Å². The molecule has 2 amide bonds. The third-order valence-electron chi connectivity index (χ3n) is 7.55. The number of hydrogen-bond donors (Lipinski definition) is 3. The maximum Gasteiger partial charge on any atom is 0.272 e. The van der Waals surface area contributed by atoms with Crippen LogP contribution in [0.3, 0.4) is 0 Å². The number of aromatic amines is 1. The lowest BCUT2D eigenvalue weighted by Crippen LogP contribution is -2.39. The summed E-state index contributed by atoms with van der Waals surface area (Å²) >= 11 is 0. The molecule has 0 aliphatic heterocycles. The van der Waals surface area contributed by atoms with Gasteiger partial charge in [0.2, 0.25) is 5.91 Å². The highest BCUT2D eigenvalue weighted by molar-refractivity contribution is 5.94. The lowest BCUT2D eigenvalue weighted by atomic mass is 10.0. The van der Waals surface area contributed by atoms with Crippen LogP contribution in [0.15, 0.2) is 54.6 Å². The Kier molecular flexibility index (Phi) is 9.42. The number of nitrogens with zero attached hydrogens (tertiary/aromatic N) is 5. The second kappa shape index (κ2) is 13.7. The standard InChI is InChI=1S/C30H36N8O4/c1-41-25-13-8-14-26(42-2)29(25)24-18-23(35-38(24)22-11-6-7-12-22)30(40)32-21(16-15-20-9-4-3-5-10-20)17-28(39)31-19-27-33-36-37-34-27/h3-5,8-10,13-14,18,21-22H,6-7,11-12,15-17,19H2,1-2H3,(H,31,39)(H,32,40)(H,33,34,36,37)/t21-/m0/s1. The molecule has 4 aromatic rings. The van der Waals surface area contributed by atoms with E-state index >= 15 is 0 Å². The second-order valence-corrected chi connectivity index (χ2v) is 10.3. The molecule has 220 valence electrons. The van der Waals surface area contributed by atoms with Crippen LogP contribution in [0.25, 0.3) is 11.3 Å². The van der Waals surface area contributed by atoms with Gasteiger partial charge >= 0.3 is 0 Å². The molecule has 1 fully saturated rings. The van der Waals surface area contributed by atoms with Crippen LogP contribution >= 0.6 is 0 Å². The van der Waals surface area contributed by atoms with E-state index in [1.54, 1.807) is 20.3 Å². The van der Waals surface area contributed by atoms with Crippen LogP contribution in [0.4, 0.5) is 0 Å². The lowest BCUT2D eigenvalue weighted by molar-refractivity contribution is -0.121. The number of nitrogens with one attached hydrogen (secondary N) is 3. The van der Waals surface area contributed by atoms with Gasteiger partial charge in [-0.05, 0) is 49.4 Å². The molecule has 1 saturated carbocycles. The predicted octanol–water partition coefficient (Wildman–Crippen LogP) is 3.63. The molecule has 2 heterocycles. The summed E-state index contributed by atoms with van der Waals surface area (Å²) in [5.41, 5.74) is 2.92. The van der Waals surface area contributed by atoms with Gasteiger partial charge in [0, 0.05) is 12.5 Å². The van der Waals surface area contributed by atoms with Crippen LogP contribution in [0.1, 0.15) is 66.4 Å². The van der Waals surface area contributed by atoms with Crippen LogP contribution in [0.5, 0.6) is 11.5 Å².